The Morgan fingerprint density at radius 3 is 2.76 bits per heavy atom. The van der Waals surface area contributed by atoms with Gasteiger partial charge in [-0.15, -0.1) is 11.3 Å². The highest BCUT2D eigenvalue weighted by molar-refractivity contribution is 7.16. The van der Waals surface area contributed by atoms with E-state index in [2.05, 4.69) is 11.0 Å². The van der Waals surface area contributed by atoms with E-state index in [9.17, 15) is 4.79 Å². The quantitative estimate of drug-likeness (QED) is 0.793. The number of likely N-dealkylation sites (tertiary alicyclic amines) is 1. The van der Waals surface area contributed by atoms with Crippen LogP contribution in [0.2, 0.25) is 4.34 Å². The molecule has 5 heteroatoms. The van der Waals surface area contributed by atoms with Crippen LogP contribution in [0, 0.1) is 5.92 Å². The molecule has 1 saturated heterocycles. The van der Waals surface area contributed by atoms with Crippen LogP contribution in [-0.2, 0) is 16.1 Å². The normalized spacial score (nSPS) is 18.2. The van der Waals surface area contributed by atoms with Gasteiger partial charge in [0.2, 0.25) is 0 Å². The highest BCUT2D eigenvalue weighted by Gasteiger charge is 2.25. The summed E-state index contributed by atoms with van der Waals surface area (Å²) in [5.74, 6) is 0.0204. The van der Waals surface area contributed by atoms with Crippen molar-refractivity contribution in [1.82, 2.24) is 4.90 Å². The summed E-state index contributed by atoms with van der Waals surface area (Å²) in [6, 6.07) is 4.00. The minimum atomic E-state index is -0.0659. The topological polar surface area (TPSA) is 29.5 Å². The largest absolute Gasteiger partial charge is 0.469 e. The number of hydrogen-bond acceptors (Lipinski definition) is 4. The van der Waals surface area contributed by atoms with Crippen molar-refractivity contribution in [1.29, 1.82) is 0 Å². The molecule has 0 aliphatic carbocycles. The Morgan fingerprint density at radius 1 is 1.53 bits per heavy atom. The second-order valence-corrected chi connectivity index (χ2v) is 6.08. The summed E-state index contributed by atoms with van der Waals surface area (Å²) < 4.78 is 5.61. The highest BCUT2D eigenvalue weighted by Crippen LogP contribution is 2.25. The number of rotatable bonds is 3. The van der Waals surface area contributed by atoms with Crippen molar-refractivity contribution in [2.24, 2.45) is 5.92 Å². The average Bonchev–Trinajstić information content (AvgIpc) is 2.75. The van der Waals surface area contributed by atoms with Gasteiger partial charge in [0.25, 0.3) is 0 Å². The standard InChI is InChI=1S/C12H16ClNO2S/c1-16-12(15)9-4-6-14(7-5-9)8-10-2-3-11(13)17-10/h2-3,9H,4-8H2,1H3. The first-order valence-corrected chi connectivity index (χ1v) is 6.93. The van der Waals surface area contributed by atoms with Crippen molar-refractivity contribution in [3.8, 4) is 0 Å². The van der Waals surface area contributed by atoms with Crippen molar-refractivity contribution in [3.63, 3.8) is 0 Å². The zero-order chi connectivity index (χ0) is 12.3. The third-order valence-electron chi connectivity index (χ3n) is 3.13. The number of hydrogen-bond donors (Lipinski definition) is 0. The van der Waals surface area contributed by atoms with E-state index in [0.717, 1.165) is 36.8 Å². The molecule has 0 bridgehead atoms. The van der Waals surface area contributed by atoms with E-state index >= 15 is 0 Å². The number of carbonyl (C=O) groups is 1. The molecule has 1 aliphatic rings. The summed E-state index contributed by atoms with van der Waals surface area (Å²) in [5, 5.41) is 0. The van der Waals surface area contributed by atoms with Crippen LogP contribution in [-0.4, -0.2) is 31.1 Å². The van der Waals surface area contributed by atoms with Crippen LogP contribution in [0.3, 0.4) is 0 Å². The van der Waals surface area contributed by atoms with Crippen molar-refractivity contribution in [2.75, 3.05) is 20.2 Å². The van der Waals surface area contributed by atoms with E-state index < -0.39 is 0 Å². The number of esters is 1. The van der Waals surface area contributed by atoms with Crippen molar-refractivity contribution in [2.45, 2.75) is 19.4 Å². The highest BCUT2D eigenvalue weighted by atomic mass is 35.5. The zero-order valence-electron chi connectivity index (χ0n) is 9.82. The summed E-state index contributed by atoms with van der Waals surface area (Å²) in [6.45, 7) is 2.84. The Bertz CT molecular complexity index is 386. The molecule has 0 spiro atoms. The minimum absolute atomic E-state index is 0.0659. The summed E-state index contributed by atoms with van der Waals surface area (Å²) in [4.78, 5) is 15.0. The van der Waals surface area contributed by atoms with Crippen LogP contribution in [0.15, 0.2) is 12.1 Å². The summed E-state index contributed by atoms with van der Waals surface area (Å²) in [7, 11) is 1.46. The van der Waals surface area contributed by atoms with Crippen LogP contribution in [0.1, 0.15) is 17.7 Å². The molecular formula is C12H16ClNO2S. The fourth-order valence-corrected chi connectivity index (χ4v) is 3.28. The number of methoxy groups -OCH3 is 1. The molecule has 17 heavy (non-hydrogen) atoms. The SMILES string of the molecule is COC(=O)C1CCN(Cc2ccc(Cl)s2)CC1. The Morgan fingerprint density at radius 2 is 2.24 bits per heavy atom. The molecule has 0 saturated carbocycles. The zero-order valence-corrected chi connectivity index (χ0v) is 11.4. The Balaban J connectivity index is 1.81. The van der Waals surface area contributed by atoms with E-state index in [0.29, 0.717) is 0 Å². The second-order valence-electron chi connectivity index (χ2n) is 4.28. The molecule has 0 atom stereocenters. The smallest absolute Gasteiger partial charge is 0.308 e. The molecule has 1 aromatic heterocycles. The number of halogens is 1. The number of carbonyl (C=O) groups excluding carboxylic acids is 1. The summed E-state index contributed by atoms with van der Waals surface area (Å²) in [5.41, 5.74) is 0. The van der Waals surface area contributed by atoms with Crippen LogP contribution < -0.4 is 0 Å². The van der Waals surface area contributed by atoms with Crippen LogP contribution >= 0.6 is 22.9 Å². The van der Waals surface area contributed by atoms with Gasteiger partial charge >= 0.3 is 5.97 Å². The van der Waals surface area contributed by atoms with E-state index in [1.54, 1.807) is 11.3 Å². The molecule has 0 amide bonds. The number of piperidine rings is 1. The lowest BCUT2D eigenvalue weighted by atomic mass is 9.97. The van der Waals surface area contributed by atoms with Gasteiger partial charge in [0.05, 0.1) is 17.4 Å². The van der Waals surface area contributed by atoms with Crippen LogP contribution in [0.5, 0.6) is 0 Å². The monoisotopic (exact) mass is 273 g/mol. The van der Waals surface area contributed by atoms with E-state index in [1.165, 1.54) is 12.0 Å². The first kappa shape index (κ1) is 12.9. The first-order chi connectivity index (χ1) is 8.19. The van der Waals surface area contributed by atoms with Crippen molar-refractivity contribution in [3.05, 3.63) is 21.3 Å². The van der Waals surface area contributed by atoms with Gasteiger partial charge in [-0.3, -0.25) is 9.69 Å². The number of thiophene rings is 1. The van der Waals surface area contributed by atoms with Gasteiger partial charge in [0.1, 0.15) is 0 Å². The Labute approximate surface area is 110 Å². The Hall–Kier alpha value is -0.580. The molecule has 0 unspecified atom stereocenters. The van der Waals surface area contributed by atoms with Gasteiger partial charge in [-0.1, -0.05) is 11.6 Å². The van der Waals surface area contributed by atoms with E-state index in [1.807, 2.05) is 6.07 Å². The molecule has 1 fully saturated rings. The predicted octanol–water partition coefficient (Wildman–Crippen LogP) is 2.79. The second kappa shape index (κ2) is 5.85. The fraction of sp³-hybridized carbons (Fsp3) is 0.583. The molecule has 1 aromatic rings. The van der Waals surface area contributed by atoms with Gasteiger partial charge in [-0.05, 0) is 38.1 Å². The maximum absolute atomic E-state index is 11.4. The van der Waals surface area contributed by atoms with Crippen LogP contribution in [0.4, 0.5) is 0 Å². The number of nitrogens with zero attached hydrogens (tertiary/aromatic N) is 1. The van der Waals surface area contributed by atoms with Gasteiger partial charge in [0.15, 0.2) is 0 Å². The van der Waals surface area contributed by atoms with Gasteiger partial charge < -0.3 is 4.74 Å². The first-order valence-electron chi connectivity index (χ1n) is 5.73. The lowest BCUT2D eigenvalue weighted by Gasteiger charge is -2.30. The van der Waals surface area contributed by atoms with Crippen molar-refractivity contribution < 1.29 is 9.53 Å². The molecule has 0 radical (unpaired) electrons. The summed E-state index contributed by atoms with van der Waals surface area (Å²) in [6.07, 6.45) is 1.79. The number of ether oxygens (including phenoxy) is 1. The maximum atomic E-state index is 11.4. The van der Waals surface area contributed by atoms with Gasteiger partial charge in [-0.25, -0.2) is 0 Å². The molecule has 1 aliphatic heterocycles. The molecular weight excluding hydrogens is 258 g/mol. The maximum Gasteiger partial charge on any atom is 0.308 e. The van der Waals surface area contributed by atoms with Gasteiger partial charge in [0, 0.05) is 11.4 Å². The van der Waals surface area contributed by atoms with Crippen molar-refractivity contribution >= 4 is 28.9 Å². The molecule has 2 rings (SSSR count). The minimum Gasteiger partial charge on any atom is -0.469 e. The molecule has 0 N–H and O–H groups in total. The molecule has 3 nitrogen and oxygen atoms in total. The van der Waals surface area contributed by atoms with Crippen LogP contribution in [0.25, 0.3) is 0 Å². The molecule has 2 heterocycles. The molecule has 0 aromatic carbocycles. The lowest BCUT2D eigenvalue weighted by Crippen LogP contribution is -2.36. The Kier molecular flexibility index (Phi) is 4.42. The predicted molar refractivity (Wildman–Crippen MR) is 69.3 cm³/mol. The summed E-state index contributed by atoms with van der Waals surface area (Å²) >= 11 is 7.53. The third kappa shape index (κ3) is 3.44. The molecule has 94 valence electrons. The third-order valence-corrected chi connectivity index (χ3v) is 4.35. The fourth-order valence-electron chi connectivity index (χ4n) is 2.15. The lowest BCUT2D eigenvalue weighted by molar-refractivity contribution is -0.147. The average molecular weight is 274 g/mol. The van der Waals surface area contributed by atoms with E-state index in [4.69, 9.17) is 16.3 Å². The van der Waals surface area contributed by atoms with E-state index in [-0.39, 0.29) is 11.9 Å². The van der Waals surface area contributed by atoms with Gasteiger partial charge in [-0.2, -0.15) is 0 Å².